The van der Waals surface area contributed by atoms with Gasteiger partial charge in [0.15, 0.2) is 0 Å². The first-order valence-corrected chi connectivity index (χ1v) is 8.46. The van der Waals surface area contributed by atoms with E-state index in [0.29, 0.717) is 5.69 Å². The van der Waals surface area contributed by atoms with Crippen LogP contribution in [0.4, 0.5) is 15.3 Å². The lowest BCUT2D eigenvalue weighted by Gasteiger charge is -2.03. The summed E-state index contributed by atoms with van der Waals surface area (Å²) < 4.78 is 0. The van der Waals surface area contributed by atoms with E-state index in [1.165, 1.54) is 32.1 Å². The van der Waals surface area contributed by atoms with Crippen molar-refractivity contribution in [1.29, 1.82) is 0 Å². The van der Waals surface area contributed by atoms with Gasteiger partial charge in [-0.25, -0.2) is 9.59 Å². The highest BCUT2D eigenvalue weighted by atomic mass is 16.4. The van der Waals surface area contributed by atoms with Crippen LogP contribution in [0, 0.1) is 13.8 Å². The van der Waals surface area contributed by atoms with E-state index in [1.807, 2.05) is 19.9 Å². The Morgan fingerprint density at radius 2 is 1.54 bits per heavy atom. The number of urea groups is 1. The van der Waals surface area contributed by atoms with E-state index >= 15 is 0 Å². The van der Waals surface area contributed by atoms with Gasteiger partial charge in [0.25, 0.3) is 0 Å². The molecule has 3 amide bonds. The number of rotatable bonds is 8. The van der Waals surface area contributed by atoms with Crippen molar-refractivity contribution in [3.63, 3.8) is 0 Å². The largest absolute Gasteiger partial charge is 0.465 e. The fourth-order valence-electron chi connectivity index (χ4n) is 2.29. The lowest BCUT2D eigenvalue weighted by atomic mass is 10.1. The van der Waals surface area contributed by atoms with E-state index in [0.717, 1.165) is 24.1 Å². The quantitative estimate of drug-likeness (QED) is 0.528. The molecule has 24 heavy (non-hydrogen) atoms. The van der Waals surface area contributed by atoms with Crippen LogP contribution in [-0.4, -0.2) is 23.8 Å². The molecule has 0 fully saturated rings. The molecule has 0 aromatic heterocycles. The molecular weight excluding hydrogens is 306 g/mol. The highest BCUT2D eigenvalue weighted by Gasteiger charge is 1.98. The van der Waals surface area contributed by atoms with Gasteiger partial charge in [-0.3, -0.25) is 5.32 Å². The number of aryl methyl sites for hydroxylation is 2. The van der Waals surface area contributed by atoms with Crippen LogP contribution in [0.25, 0.3) is 0 Å². The first kappa shape index (κ1) is 21.8. The number of carboxylic acid groups (broad SMARTS) is 1. The maximum Gasteiger partial charge on any atom is 0.409 e. The van der Waals surface area contributed by atoms with Crippen LogP contribution in [0.1, 0.15) is 56.6 Å². The van der Waals surface area contributed by atoms with Crippen molar-refractivity contribution in [3.8, 4) is 0 Å². The smallest absolute Gasteiger partial charge is 0.409 e. The number of hydrogen-bond donors (Lipinski definition) is 4. The Balaban J connectivity index is 0.000000441. The SMILES string of the molecule is CCCCCCCCNC(N)=O.Cc1cc(C)cc(NC(=O)O)c1. The summed E-state index contributed by atoms with van der Waals surface area (Å²) in [5.41, 5.74) is 7.64. The van der Waals surface area contributed by atoms with Gasteiger partial charge in [0, 0.05) is 12.2 Å². The summed E-state index contributed by atoms with van der Waals surface area (Å²) in [4.78, 5) is 20.5. The fourth-order valence-corrected chi connectivity index (χ4v) is 2.29. The molecule has 0 saturated heterocycles. The van der Waals surface area contributed by atoms with Crippen LogP contribution in [0.3, 0.4) is 0 Å². The van der Waals surface area contributed by atoms with Crippen LogP contribution in [0.15, 0.2) is 18.2 Å². The molecule has 6 heteroatoms. The summed E-state index contributed by atoms with van der Waals surface area (Å²) in [6.07, 6.45) is 6.40. The summed E-state index contributed by atoms with van der Waals surface area (Å²) in [7, 11) is 0. The number of unbranched alkanes of at least 4 members (excludes halogenated alkanes) is 5. The lowest BCUT2D eigenvalue weighted by molar-refractivity contribution is 0.209. The van der Waals surface area contributed by atoms with Gasteiger partial charge in [-0.05, 0) is 43.5 Å². The molecule has 0 saturated carbocycles. The Morgan fingerprint density at radius 3 is 2.04 bits per heavy atom. The molecule has 6 nitrogen and oxygen atoms in total. The summed E-state index contributed by atoms with van der Waals surface area (Å²) in [6, 6.07) is 5.17. The van der Waals surface area contributed by atoms with Gasteiger partial charge in [-0.1, -0.05) is 45.1 Å². The second-order valence-electron chi connectivity index (χ2n) is 5.87. The van der Waals surface area contributed by atoms with E-state index in [2.05, 4.69) is 17.6 Å². The lowest BCUT2D eigenvalue weighted by Crippen LogP contribution is -2.29. The number of nitrogens with two attached hydrogens (primary N) is 1. The number of hydrogen-bond acceptors (Lipinski definition) is 2. The molecule has 0 radical (unpaired) electrons. The minimum Gasteiger partial charge on any atom is -0.465 e. The first-order valence-electron chi connectivity index (χ1n) is 8.46. The average Bonchev–Trinajstić information content (AvgIpc) is 2.45. The highest BCUT2D eigenvalue weighted by Crippen LogP contribution is 2.13. The molecule has 136 valence electrons. The standard InChI is InChI=1S/C9H20N2O.C9H11NO2/c1-2-3-4-5-6-7-8-11-9(10)12;1-6-3-7(2)5-8(4-6)10-9(11)12/h2-8H2,1H3,(H3,10,11,12);3-5,10H,1-2H3,(H,11,12). The molecule has 0 atom stereocenters. The summed E-state index contributed by atoms with van der Waals surface area (Å²) in [5.74, 6) is 0. The number of carbonyl (C=O) groups is 2. The van der Waals surface area contributed by atoms with Crippen molar-refractivity contribution in [3.05, 3.63) is 29.3 Å². The average molecular weight is 337 g/mol. The topological polar surface area (TPSA) is 104 Å². The third-order valence-corrected chi connectivity index (χ3v) is 3.30. The highest BCUT2D eigenvalue weighted by molar-refractivity contribution is 5.83. The maximum absolute atomic E-state index is 10.3. The Morgan fingerprint density at radius 1 is 1.00 bits per heavy atom. The van der Waals surface area contributed by atoms with Gasteiger partial charge in [0.2, 0.25) is 0 Å². The molecule has 0 aliphatic rings. The van der Waals surface area contributed by atoms with Crippen LogP contribution in [0.2, 0.25) is 0 Å². The van der Waals surface area contributed by atoms with Gasteiger partial charge >= 0.3 is 12.1 Å². The second-order valence-corrected chi connectivity index (χ2v) is 5.87. The molecule has 0 heterocycles. The normalized spacial score (nSPS) is 9.62. The summed E-state index contributed by atoms with van der Waals surface area (Å²) in [5, 5.41) is 13.3. The molecule has 0 spiro atoms. The minimum atomic E-state index is -1.03. The van der Waals surface area contributed by atoms with Crippen LogP contribution >= 0.6 is 0 Å². The molecule has 5 N–H and O–H groups in total. The van der Waals surface area contributed by atoms with Crippen LogP contribution in [0.5, 0.6) is 0 Å². The van der Waals surface area contributed by atoms with Gasteiger partial charge in [0.05, 0.1) is 0 Å². The zero-order valence-corrected chi connectivity index (χ0v) is 15.0. The maximum atomic E-state index is 10.3. The number of primary amides is 1. The van der Waals surface area contributed by atoms with E-state index in [4.69, 9.17) is 10.8 Å². The van der Waals surface area contributed by atoms with Crippen LogP contribution in [-0.2, 0) is 0 Å². The molecular formula is C18H31N3O3. The summed E-state index contributed by atoms with van der Waals surface area (Å²) in [6.45, 7) is 6.79. The van der Waals surface area contributed by atoms with Gasteiger partial charge < -0.3 is 16.2 Å². The van der Waals surface area contributed by atoms with Crippen molar-refractivity contribution in [2.45, 2.75) is 59.3 Å². The van der Waals surface area contributed by atoms with Gasteiger partial charge in [-0.2, -0.15) is 0 Å². The Hall–Kier alpha value is -2.24. The molecule has 0 unspecified atom stereocenters. The molecule has 0 bridgehead atoms. The van der Waals surface area contributed by atoms with Gasteiger partial charge in [-0.15, -0.1) is 0 Å². The monoisotopic (exact) mass is 337 g/mol. The fraction of sp³-hybridized carbons (Fsp3) is 0.556. The van der Waals surface area contributed by atoms with Crippen molar-refractivity contribution < 1.29 is 14.7 Å². The van der Waals surface area contributed by atoms with E-state index in [-0.39, 0.29) is 0 Å². The number of carbonyl (C=O) groups excluding carboxylic acids is 1. The Bertz CT molecular complexity index is 484. The second kappa shape index (κ2) is 13.2. The van der Waals surface area contributed by atoms with Crippen molar-refractivity contribution >= 4 is 17.8 Å². The molecule has 1 aromatic carbocycles. The van der Waals surface area contributed by atoms with Crippen LogP contribution < -0.4 is 16.4 Å². The van der Waals surface area contributed by atoms with Gasteiger partial charge in [0.1, 0.15) is 0 Å². The Labute approximate surface area is 144 Å². The van der Waals surface area contributed by atoms with Crippen molar-refractivity contribution in [1.82, 2.24) is 5.32 Å². The molecule has 1 aromatic rings. The van der Waals surface area contributed by atoms with Crippen molar-refractivity contribution in [2.75, 3.05) is 11.9 Å². The zero-order chi connectivity index (χ0) is 18.4. The predicted molar refractivity (Wildman–Crippen MR) is 98.5 cm³/mol. The van der Waals surface area contributed by atoms with Crippen molar-refractivity contribution in [2.24, 2.45) is 5.73 Å². The Kier molecular flexibility index (Phi) is 12.0. The predicted octanol–water partition coefficient (Wildman–Crippen LogP) is 4.41. The zero-order valence-electron chi connectivity index (χ0n) is 15.0. The number of amides is 3. The van der Waals surface area contributed by atoms with E-state index < -0.39 is 12.1 Å². The summed E-state index contributed by atoms with van der Waals surface area (Å²) >= 11 is 0. The van der Waals surface area contributed by atoms with E-state index in [1.54, 1.807) is 12.1 Å². The molecule has 1 rings (SSSR count). The first-order chi connectivity index (χ1) is 11.3. The van der Waals surface area contributed by atoms with E-state index in [9.17, 15) is 9.59 Å². The number of nitrogens with one attached hydrogen (secondary N) is 2. The third-order valence-electron chi connectivity index (χ3n) is 3.30. The number of anilines is 1. The molecule has 0 aliphatic heterocycles. The third kappa shape index (κ3) is 13.4. The number of benzene rings is 1. The molecule has 0 aliphatic carbocycles. The minimum absolute atomic E-state index is 0.413.